The van der Waals surface area contributed by atoms with Crippen molar-refractivity contribution in [2.75, 3.05) is 12.8 Å². The van der Waals surface area contributed by atoms with E-state index in [-0.39, 0.29) is 5.56 Å². The lowest BCUT2D eigenvalue weighted by atomic mass is 10.2. The molecule has 0 bridgehead atoms. The molecule has 0 atom stereocenters. The van der Waals surface area contributed by atoms with Crippen molar-refractivity contribution >= 4 is 11.8 Å². The maximum absolute atomic E-state index is 12.1. The molecule has 0 saturated heterocycles. The van der Waals surface area contributed by atoms with Crippen molar-refractivity contribution in [3.05, 3.63) is 17.3 Å². The van der Waals surface area contributed by atoms with Gasteiger partial charge in [-0.1, -0.05) is 0 Å². The second-order valence-corrected chi connectivity index (χ2v) is 2.92. The number of carbonyl (C=O) groups excluding carboxylic acids is 1. The normalized spacial score (nSPS) is 10.6. The number of hydrogen-bond donors (Lipinski definition) is 1. The first kappa shape index (κ1) is 13.6. The van der Waals surface area contributed by atoms with Crippen LogP contribution < -0.4 is 10.5 Å². The average molecular weight is 261 g/mol. The molecule has 0 spiro atoms. The van der Waals surface area contributed by atoms with E-state index in [1.165, 1.54) is 6.07 Å². The SMILES string of the molecule is COC(=O)c1nc(N)c(C#N)cc1OC(F)(F)F. The van der Waals surface area contributed by atoms with Gasteiger partial charge >= 0.3 is 12.3 Å². The number of ether oxygens (including phenoxy) is 2. The number of nitrogens with two attached hydrogens (primary N) is 1. The van der Waals surface area contributed by atoms with Crippen LogP contribution in [0.25, 0.3) is 0 Å². The number of aromatic nitrogens is 1. The zero-order chi connectivity index (χ0) is 13.9. The Bertz CT molecular complexity index is 522. The molecule has 0 saturated carbocycles. The minimum Gasteiger partial charge on any atom is -0.464 e. The first-order chi connectivity index (χ1) is 8.28. The summed E-state index contributed by atoms with van der Waals surface area (Å²) >= 11 is 0. The van der Waals surface area contributed by atoms with Crippen molar-refractivity contribution in [2.45, 2.75) is 6.36 Å². The standard InChI is InChI=1S/C9H6F3N3O3/c1-17-8(16)6-5(18-9(10,11)12)2-4(3-13)7(14)15-6/h2H,1H3,(H2,14,15). The summed E-state index contributed by atoms with van der Waals surface area (Å²) in [6.45, 7) is 0. The lowest BCUT2D eigenvalue weighted by molar-refractivity contribution is -0.274. The Balaban J connectivity index is 3.36. The minimum atomic E-state index is -5.03. The molecule has 1 aromatic rings. The first-order valence-corrected chi connectivity index (χ1v) is 4.33. The number of rotatable bonds is 2. The van der Waals surface area contributed by atoms with Crippen LogP contribution in [0, 0.1) is 11.3 Å². The molecule has 1 heterocycles. The molecule has 96 valence electrons. The van der Waals surface area contributed by atoms with Crippen molar-refractivity contribution in [3.8, 4) is 11.8 Å². The highest BCUT2D eigenvalue weighted by Gasteiger charge is 2.34. The Morgan fingerprint density at radius 1 is 1.56 bits per heavy atom. The van der Waals surface area contributed by atoms with E-state index in [1.807, 2.05) is 0 Å². The van der Waals surface area contributed by atoms with Crippen molar-refractivity contribution in [3.63, 3.8) is 0 Å². The third-order valence-electron chi connectivity index (χ3n) is 1.74. The van der Waals surface area contributed by atoms with Crippen molar-refractivity contribution < 1.29 is 27.4 Å². The molecule has 0 fully saturated rings. The molecular weight excluding hydrogens is 255 g/mol. The van der Waals surface area contributed by atoms with Gasteiger partial charge in [-0.3, -0.25) is 0 Å². The maximum atomic E-state index is 12.1. The van der Waals surface area contributed by atoms with Gasteiger partial charge < -0.3 is 15.2 Å². The lowest BCUT2D eigenvalue weighted by Crippen LogP contribution is -2.20. The van der Waals surface area contributed by atoms with Crippen LogP contribution in [0.4, 0.5) is 19.0 Å². The van der Waals surface area contributed by atoms with Gasteiger partial charge in [0, 0.05) is 6.07 Å². The highest BCUT2D eigenvalue weighted by Crippen LogP contribution is 2.28. The summed E-state index contributed by atoms with van der Waals surface area (Å²) in [5.74, 6) is -2.50. The molecule has 6 nitrogen and oxygen atoms in total. The molecule has 0 aliphatic carbocycles. The summed E-state index contributed by atoms with van der Waals surface area (Å²) in [5.41, 5.74) is 4.18. The van der Waals surface area contributed by atoms with Crippen molar-refractivity contribution in [1.29, 1.82) is 5.26 Å². The number of alkyl halides is 3. The first-order valence-electron chi connectivity index (χ1n) is 4.33. The fraction of sp³-hybridized carbons (Fsp3) is 0.222. The number of anilines is 1. The molecule has 0 radical (unpaired) electrons. The Hall–Kier alpha value is -2.50. The van der Waals surface area contributed by atoms with Crippen LogP contribution in [0.5, 0.6) is 5.75 Å². The van der Waals surface area contributed by atoms with Gasteiger partial charge in [-0.05, 0) is 0 Å². The summed E-state index contributed by atoms with van der Waals surface area (Å²) in [5, 5.41) is 8.60. The summed E-state index contributed by atoms with van der Waals surface area (Å²) in [6.07, 6.45) is -5.03. The van der Waals surface area contributed by atoms with Gasteiger partial charge in [-0.2, -0.15) is 5.26 Å². The number of methoxy groups -OCH3 is 1. The number of carbonyl (C=O) groups is 1. The topological polar surface area (TPSA) is 98.2 Å². The third-order valence-corrected chi connectivity index (χ3v) is 1.74. The third kappa shape index (κ3) is 3.00. The van der Waals surface area contributed by atoms with Gasteiger partial charge in [0.15, 0.2) is 11.4 Å². The van der Waals surface area contributed by atoms with Crippen LogP contribution in [-0.2, 0) is 4.74 Å². The van der Waals surface area contributed by atoms with Gasteiger partial charge in [0.25, 0.3) is 0 Å². The Labute approximate surface area is 98.7 Å². The van der Waals surface area contributed by atoms with Crippen LogP contribution in [0.2, 0.25) is 0 Å². The second-order valence-electron chi connectivity index (χ2n) is 2.92. The smallest absolute Gasteiger partial charge is 0.464 e. The number of nitrogen functional groups attached to an aromatic ring is 1. The monoisotopic (exact) mass is 261 g/mol. The number of nitrogens with zero attached hydrogens (tertiary/aromatic N) is 2. The highest BCUT2D eigenvalue weighted by molar-refractivity contribution is 5.91. The van der Waals surface area contributed by atoms with Gasteiger partial charge in [0.2, 0.25) is 0 Å². The Kier molecular flexibility index (Phi) is 3.61. The number of nitriles is 1. The van der Waals surface area contributed by atoms with Crippen molar-refractivity contribution in [1.82, 2.24) is 4.98 Å². The van der Waals surface area contributed by atoms with Crippen LogP contribution in [0.3, 0.4) is 0 Å². The van der Waals surface area contributed by atoms with E-state index >= 15 is 0 Å². The van der Waals surface area contributed by atoms with Gasteiger partial charge in [0.1, 0.15) is 11.9 Å². The van der Waals surface area contributed by atoms with Crippen LogP contribution in [0.15, 0.2) is 6.07 Å². The maximum Gasteiger partial charge on any atom is 0.573 e. The molecule has 1 aromatic heterocycles. The molecule has 0 aromatic carbocycles. The van der Waals surface area contributed by atoms with Gasteiger partial charge in [-0.15, -0.1) is 13.2 Å². The Morgan fingerprint density at radius 2 is 2.17 bits per heavy atom. The van der Waals surface area contributed by atoms with E-state index in [4.69, 9.17) is 11.0 Å². The molecule has 0 unspecified atom stereocenters. The summed E-state index contributed by atoms with van der Waals surface area (Å²) < 4.78 is 44.1. The van der Waals surface area contributed by atoms with Crippen LogP contribution >= 0.6 is 0 Å². The van der Waals surface area contributed by atoms with Crippen LogP contribution in [0.1, 0.15) is 16.1 Å². The molecule has 1 rings (SSSR count). The minimum absolute atomic E-state index is 0.345. The molecule has 0 amide bonds. The number of esters is 1. The molecule has 0 aliphatic heterocycles. The largest absolute Gasteiger partial charge is 0.573 e. The summed E-state index contributed by atoms with van der Waals surface area (Å²) in [4.78, 5) is 14.6. The van der Waals surface area contributed by atoms with E-state index in [2.05, 4.69) is 14.5 Å². The molecule has 18 heavy (non-hydrogen) atoms. The quantitative estimate of drug-likeness (QED) is 0.803. The number of pyridine rings is 1. The van der Waals surface area contributed by atoms with Crippen LogP contribution in [-0.4, -0.2) is 24.4 Å². The molecular formula is C9H6F3N3O3. The van der Waals surface area contributed by atoms with Gasteiger partial charge in [0.05, 0.1) is 12.7 Å². The van der Waals surface area contributed by atoms with Crippen molar-refractivity contribution in [2.24, 2.45) is 0 Å². The fourth-order valence-corrected chi connectivity index (χ4v) is 1.04. The van der Waals surface area contributed by atoms with Gasteiger partial charge in [-0.25, -0.2) is 9.78 Å². The van der Waals surface area contributed by atoms with E-state index in [0.29, 0.717) is 6.07 Å². The number of halogens is 3. The fourth-order valence-electron chi connectivity index (χ4n) is 1.04. The molecule has 9 heteroatoms. The highest BCUT2D eigenvalue weighted by atomic mass is 19.4. The predicted molar refractivity (Wildman–Crippen MR) is 51.4 cm³/mol. The molecule has 2 N–H and O–H groups in total. The Morgan fingerprint density at radius 3 is 2.61 bits per heavy atom. The van der Waals surface area contributed by atoms with E-state index in [0.717, 1.165) is 7.11 Å². The summed E-state index contributed by atoms with van der Waals surface area (Å²) in [6, 6.07) is 2.19. The summed E-state index contributed by atoms with van der Waals surface area (Å²) in [7, 11) is 0.954. The van der Waals surface area contributed by atoms with E-state index in [9.17, 15) is 18.0 Å². The molecule has 0 aliphatic rings. The zero-order valence-corrected chi connectivity index (χ0v) is 8.91. The lowest BCUT2D eigenvalue weighted by Gasteiger charge is -2.12. The van der Waals surface area contributed by atoms with E-state index in [1.54, 1.807) is 0 Å². The van der Waals surface area contributed by atoms with E-state index < -0.39 is 29.6 Å². The predicted octanol–water partition coefficient (Wildman–Crippen LogP) is 1.22. The average Bonchev–Trinajstić information content (AvgIpc) is 2.28. The second kappa shape index (κ2) is 4.79. The zero-order valence-electron chi connectivity index (χ0n) is 8.91. The number of hydrogen-bond acceptors (Lipinski definition) is 6.